The zero-order chi connectivity index (χ0) is 22.9. The molecular weight excluding hydrogens is 452 g/mol. The fourth-order valence-electron chi connectivity index (χ4n) is 3.91. The quantitative estimate of drug-likeness (QED) is 0.559. The third kappa shape index (κ3) is 4.68. The van der Waals surface area contributed by atoms with E-state index < -0.39 is 10.0 Å². The Balaban J connectivity index is 1.75. The summed E-state index contributed by atoms with van der Waals surface area (Å²) in [6.07, 6.45) is 1.44. The first kappa shape index (κ1) is 22.8. The zero-order valence-electron chi connectivity index (χ0n) is 17.9. The lowest BCUT2D eigenvalue weighted by atomic mass is 10.1. The number of halogens is 1. The lowest BCUT2D eigenvalue weighted by Crippen LogP contribution is -2.38. The maximum absolute atomic E-state index is 13.6. The summed E-state index contributed by atoms with van der Waals surface area (Å²) in [5, 5.41) is 1.12. The van der Waals surface area contributed by atoms with Crippen LogP contribution in [0.25, 0.3) is 10.9 Å². The molecule has 0 spiro atoms. The van der Waals surface area contributed by atoms with Crippen molar-refractivity contribution in [2.75, 3.05) is 20.3 Å². The molecule has 2 heterocycles. The van der Waals surface area contributed by atoms with Crippen LogP contribution >= 0.6 is 11.6 Å². The highest BCUT2D eigenvalue weighted by Gasteiger charge is 2.31. The number of hydrogen-bond donors (Lipinski definition) is 1. The molecule has 7 nitrogen and oxygen atoms in total. The summed E-state index contributed by atoms with van der Waals surface area (Å²) in [4.78, 5) is 15.8. The highest BCUT2D eigenvalue weighted by Crippen LogP contribution is 2.27. The molecule has 32 heavy (non-hydrogen) atoms. The van der Waals surface area contributed by atoms with Gasteiger partial charge < -0.3 is 14.5 Å². The number of aromatic nitrogens is 1. The number of hydrogen-bond acceptors (Lipinski definition) is 5. The number of H-pyrrole nitrogens is 1. The van der Waals surface area contributed by atoms with Crippen LogP contribution in [0.3, 0.4) is 0 Å². The molecule has 1 saturated heterocycles. The smallest absolute Gasteiger partial charge is 0.252 e. The van der Waals surface area contributed by atoms with Crippen LogP contribution in [0.1, 0.15) is 24.0 Å². The first-order valence-electron chi connectivity index (χ1n) is 10.4. The maximum atomic E-state index is 13.6. The minimum absolute atomic E-state index is 0.0779. The van der Waals surface area contributed by atoms with Crippen molar-refractivity contribution >= 4 is 32.5 Å². The van der Waals surface area contributed by atoms with Gasteiger partial charge in [0, 0.05) is 36.3 Å². The van der Waals surface area contributed by atoms with Crippen LogP contribution in [0.5, 0.6) is 5.75 Å². The molecule has 0 amide bonds. The van der Waals surface area contributed by atoms with E-state index in [1.165, 1.54) is 10.4 Å². The van der Waals surface area contributed by atoms with E-state index >= 15 is 0 Å². The van der Waals surface area contributed by atoms with Gasteiger partial charge in [-0.25, -0.2) is 8.42 Å². The van der Waals surface area contributed by atoms with E-state index in [1.807, 2.05) is 6.07 Å². The summed E-state index contributed by atoms with van der Waals surface area (Å²) in [6.45, 7) is 2.41. The minimum Gasteiger partial charge on any atom is -0.497 e. The third-order valence-electron chi connectivity index (χ3n) is 5.68. The Morgan fingerprint density at radius 3 is 2.75 bits per heavy atom. The van der Waals surface area contributed by atoms with Gasteiger partial charge in [-0.3, -0.25) is 4.79 Å². The second-order valence-electron chi connectivity index (χ2n) is 7.92. The first-order valence-corrected chi connectivity index (χ1v) is 12.2. The molecule has 1 N–H and O–H groups in total. The summed E-state index contributed by atoms with van der Waals surface area (Å²) >= 11 is 6.10. The second kappa shape index (κ2) is 9.23. The fraction of sp³-hybridized carbons (Fsp3) is 0.348. The molecule has 9 heteroatoms. The molecule has 0 unspecified atom stereocenters. The standard InChI is InChI=1S/C23H25ClN2O5S/c1-15-5-7-18(24)11-22(15)32(28,29)26(14-20-4-3-9-31-20)13-17-10-16-6-8-19(30-2)12-21(16)25-23(17)27/h5-8,10-12,20H,3-4,9,13-14H2,1-2H3,(H,25,27)/t20-/m1/s1. The van der Waals surface area contributed by atoms with Gasteiger partial charge in [0.2, 0.25) is 10.0 Å². The molecule has 4 rings (SSSR count). The number of fused-ring (bicyclic) bond motifs is 1. The number of benzene rings is 2. The number of nitrogens with zero attached hydrogens (tertiary/aromatic N) is 1. The van der Waals surface area contributed by atoms with E-state index in [4.69, 9.17) is 21.1 Å². The highest BCUT2D eigenvalue weighted by molar-refractivity contribution is 7.89. The number of rotatable bonds is 7. The average Bonchev–Trinajstić information content (AvgIpc) is 3.28. The number of sulfonamides is 1. The molecule has 1 atom stereocenters. The Labute approximate surface area is 192 Å². The van der Waals surface area contributed by atoms with E-state index in [0.29, 0.717) is 34.0 Å². The molecular formula is C23H25ClN2O5S. The van der Waals surface area contributed by atoms with Gasteiger partial charge in [0.05, 0.1) is 23.6 Å². The molecule has 0 aliphatic carbocycles. The van der Waals surface area contributed by atoms with E-state index in [1.54, 1.807) is 44.4 Å². The van der Waals surface area contributed by atoms with Gasteiger partial charge in [-0.15, -0.1) is 0 Å². The lowest BCUT2D eigenvalue weighted by Gasteiger charge is -2.25. The van der Waals surface area contributed by atoms with Crippen molar-refractivity contribution in [2.24, 2.45) is 0 Å². The van der Waals surface area contributed by atoms with Crippen molar-refractivity contribution < 1.29 is 17.9 Å². The monoisotopic (exact) mass is 476 g/mol. The van der Waals surface area contributed by atoms with Crippen LogP contribution in [0.4, 0.5) is 0 Å². The number of aromatic amines is 1. The number of nitrogens with one attached hydrogen (secondary N) is 1. The Morgan fingerprint density at radius 2 is 2.03 bits per heavy atom. The predicted molar refractivity (Wildman–Crippen MR) is 124 cm³/mol. The fourth-order valence-corrected chi connectivity index (χ4v) is 5.85. The van der Waals surface area contributed by atoms with Crippen LogP contribution in [-0.2, 0) is 21.3 Å². The average molecular weight is 477 g/mol. The SMILES string of the molecule is COc1ccc2cc(CN(C[C@H]3CCCO3)S(=O)(=O)c3cc(Cl)ccc3C)c(=O)[nH]c2c1. The normalized spacial score (nSPS) is 16.7. The largest absolute Gasteiger partial charge is 0.497 e. The van der Waals surface area contributed by atoms with E-state index in [-0.39, 0.29) is 29.6 Å². The van der Waals surface area contributed by atoms with Crippen LogP contribution < -0.4 is 10.3 Å². The molecule has 1 aromatic heterocycles. The topological polar surface area (TPSA) is 88.7 Å². The van der Waals surface area contributed by atoms with Crippen molar-refractivity contribution in [3.8, 4) is 5.75 Å². The van der Waals surface area contributed by atoms with Gasteiger partial charge in [-0.1, -0.05) is 17.7 Å². The summed E-state index contributed by atoms with van der Waals surface area (Å²) < 4.78 is 39.5. The molecule has 0 bridgehead atoms. The number of ether oxygens (including phenoxy) is 2. The molecule has 3 aromatic rings. The predicted octanol–water partition coefficient (Wildman–Crippen LogP) is 3.87. The van der Waals surface area contributed by atoms with Crippen molar-refractivity contribution in [3.05, 3.63) is 69.0 Å². The Morgan fingerprint density at radius 1 is 1.22 bits per heavy atom. The summed E-state index contributed by atoms with van der Waals surface area (Å²) in [5.74, 6) is 0.625. The summed E-state index contributed by atoms with van der Waals surface area (Å²) in [6, 6.07) is 11.9. The van der Waals surface area contributed by atoms with Gasteiger partial charge in [0.15, 0.2) is 0 Å². The zero-order valence-corrected chi connectivity index (χ0v) is 19.5. The number of aryl methyl sites for hydroxylation is 1. The third-order valence-corrected chi connectivity index (χ3v) is 7.86. The van der Waals surface area contributed by atoms with Gasteiger partial charge in [-0.2, -0.15) is 4.31 Å². The molecule has 1 fully saturated rings. The van der Waals surface area contributed by atoms with Crippen molar-refractivity contribution in [1.82, 2.24) is 9.29 Å². The van der Waals surface area contributed by atoms with E-state index in [9.17, 15) is 13.2 Å². The Kier molecular flexibility index (Phi) is 6.57. The van der Waals surface area contributed by atoms with Crippen LogP contribution in [0.2, 0.25) is 5.02 Å². The summed E-state index contributed by atoms with van der Waals surface area (Å²) in [5.41, 5.74) is 1.22. The van der Waals surface area contributed by atoms with Crippen molar-refractivity contribution in [2.45, 2.75) is 37.3 Å². The molecule has 1 aliphatic rings. The first-order chi connectivity index (χ1) is 15.3. The van der Waals surface area contributed by atoms with Gasteiger partial charge in [-0.05, 0) is 61.0 Å². The molecule has 170 valence electrons. The van der Waals surface area contributed by atoms with Gasteiger partial charge in [0.25, 0.3) is 5.56 Å². The lowest BCUT2D eigenvalue weighted by molar-refractivity contribution is 0.0925. The molecule has 0 saturated carbocycles. The Bertz CT molecular complexity index is 1300. The highest BCUT2D eigenvalue weighted by atomic mass is 35.5. The second-order valence-corrected chi connectivity index (χ2v) is 10.3. The Hall–Kier alpha value is -2.39. The maximum Gasteiger partial charge on any atom is 0.252 e. The van der Waals surface area contributed by atoms with Crippen LogP contribution in [-0.4, -0.2) is 44.1 Å². The van der Waals surface area contributed by atoms with E-state index in [0.717, 1.165) is 18.2 Å². The molecule has 1 aliphatic heterocycles. The number of pyridine rings is 1. The van der Waals surface area contributed by atoms with Crippen molar-refractivity contribution in [3.63, 3.8) is 0 Å². The van der Waals surface area contributed by atoms with Crippen molar-refractivity contribution in [1.29, 1.82) is 0 Å². The molecule has 2 aromatic carbocycles. The van der Waals surface area contributed by atoms with Gasteiger partial charge >= 0.3 is 0 Å². The minimum atomic E-state index is -3.92. The van der Waals surface area contributed by atoms with Crippen LogP contribution in [0.15, 0.2) is 52.2 Å². The van der Waals surface area contributed by atoms with Gasteiger partial charge in [0.1, 0.15) is 5.75 Å². The molecule has 0 radical (unpaired) electrons. The summed E-state index contributed by atoms with van der Waals surface area (Å²) in [7, 11) is -2.37. The van der Waals surface area contributed by atoms with Crippen LogP contribution in [0, 0.1) is 6.92 Å². The van der Waals surface area contributed by atoms with E-state index in [2.05, 4.69) is 4.98 Å². The number of methoxy groups -OCH3 is 1.